The zero-order chi connectivity index (χ0) is 16.9. The van der Waals surface area contributed by atoms with Gasteiger partial charge in [0.25, 0.3) is 0 Å². The van der Waals surface area contributed by atoms with Crippen LogP contribution in [0.2, 0.25) is 0 Å². The van der Waals surface area contributed by atoms with Crippen LogP contribution in [-0.4, -0.2) is 14.5 Å². The van der Waals surface area contributed by atoms with Gasteiger partial charge in [-0.25, -0.2) is 13.1 Å². The molecule has 0 radical (unpaired) electrons. The monoisotopic (exact) mass is 333 g/mol. The molecule has 0 unspecified atom stereocenters. The summed E-state index contributed by atoms with van der Waals surface area (Å²) < 4.78 is 32.6. The van der Waals surface area contributed by atoms with Crippen LogP contribution in [0.15, 0.2) is 48.5 Å². The quantitative estimate of drug-likeness (QED) is 0.845. The summed E-state index contributed by atoms with van der Waals surface area (Å²) in [5.41, 5.74) is 2.76. The molecule has 0 spiro atoms. The normalized spacial score (nSPS) is 11.7. The molecule has 0 aliphatic rings. The Morgan fingerprint density at radius 2 is 1.74 bits per heavy atom. The molecule has 2 aromatic carbocycles. The number of hydrogen-bond donors (Lipinski definition) is 1. The summed E-state index contributed by atoms with van der Waals surface area (Å²) in [5, 5.41) is 0. The van der Waals surface area contributed by atoms with Crippen LogP contribution in [0.5, 0.6) is 5.75 Å². The average Bonchev–Trinajstić information content (AvgIpc) is 2.47. The molecule has 4 nitrogen and oxygen atoms in total. The third-order valence-electron chi connectivity index (χ3n) is 3.24. The van der Waals surface area contributed by atoms with Crippen LogP contribution in [0.4, 0.5) is 0 Å². The van der Waals surface area contributed by atoms with Crippen molar-refractivity contribution < 1.29 is 13.2 Å². The minimum Gasteiger partial charge on any atom is -0.491 e. The number of rotatable bonds is 7. The fourth-order valence-corrected chi connectivity index (χ4v) is 3.27. The molecular formula is C18H23NO3S. The Morgan fingerprint density at radius 1 is 1.04 bits per heavy atom. The van der Waals surface area contributed by atoms with Crippen LogP contribution in [0.3, 0.4) is 0 Å². The molecule has 23 heavy (non-hydrogen) atoms. The van der Waals surface area contributed by atoms with Crippen LogP contribution >= 0.6 is 0 Å². The van der Waals surface area contributed by atoms with Gasteiger partial charge >= 0.3 is 0 Å². The van der Waals surface area contributed by atoms with Crippen LogP contribution in [0.25, 0.3) is 0 Å². The van der Waals surface area contributed by atoms with Crippen LogP contribution in [0.1, 0.15) is 30.5 Å². The molecule has 0 amide bonds. The maximum atomic E-state index is 12.2. The number of sulfonamides is 1. The second-order valence-corrected chi connectivity index (χ2v) is 7.69. The Labute approximate surface area is 138 Å². The van der Waals surface area contributed by atoms with Crippen molar-refractivity contribution >= 4 is 10.0 Å². The van der Waals surface area contributed by atoms with Crippen LogP contribution < -0.4 is 9.46 Å². The fraction of sp³-hybridized carbons (Fsp3) is 0.333. The van der Waals surface area contributed by atoms with E-state index in [-0.39, 0.29) is 18.4 Å². The molecule has 0 fully saturated rings. The molecule has 124 valence electrons. The molecule has 0 atom stereocenters. The first-order chi connectivity index (χ1) is 10.8. The van der Waals surface area contributed by atoms with Gasteiger partial charge in [-0.05, 0) is 44.0 Å². The van der Waals surface area contributed by atoms with Gasteiger partial charge < -0.3 is 4.74 Å². The Bertz CT molecular complexity index is 737. The minimum atomic E-state index is -3.37. The van der Waals surface area contributed by atoms with Gasteiger partial charge in [0, 0.05) is 6.54 Å². The fourth-order valence-electron chi connectivity index (χ4n) is 2.15. The smallest absolute Gasteiger partial charge is 0.216 e. The van der Waals surface area contributed by atoms with Gasteiger partial charge in [0.15, 0.2) is 0 Å². The molecule has 2 aromatic rings. The van der Waals surface area contributed by atoms with Gasteiger partial charge in [0.05, 0.1) is 11.9 Å². The highest BCUT2D eigenvalue weighted by Gasteiger charge is 2.11. The molecule has 2 rings (SSSR count). The first kappa shape index (κ1) is 17.5. The van der Waals surface area contributed by atoms with Crippen molar-refractivity contribution in [3.63, 3.8) is 0 Å². The van der Waals surface area contributed by atoms with Gasteiger partial charge in [0.2, 0.25) is 10.0 Å². The molecule has 0 heterocycles. The topological polar surface area (TPSA) is 55.4 Å². The molecular weight excluding hydrogens is 310 g/mol. The lowest BCUT2D eigenvalue weighted by molar-refractivity contribution is 0.242. The van der Waals surface area contributed by atoms with Crippen molar-refractivity contribution in [1.29, 1.82) is 0 Å². The maximum absolute atomic E-state index is 12.2. The summed E-state index contributed by atoms with van der Waals surface area (Å²) in [6, 6.07) is 15.0. The standard InChI is InChI=1S/C18H23NO3S/c1-14(2)22-18-6-4-5-17(11-18)12-19-23(20,21)13-16-9-7-15(3)8-10-16/h4-11,14,19H,12-13H2,1-3H3. The summed E-state index contributed by atoms with van der Waals surface area (Å²) >= 11 is 0. The SMILES string of the molecule is Cc1ccc(CS(=O)(=O)NCc2cccc(OC(C)C)c2)cc1. The number of ether oxygens (including phenoxy) is 1. The van der Waals surface area contributed by atoms with E-state index in [0.717, 1.165) is 22.4 Å². The molecule has 0 saturated heterocycles. The van der Waals surface area contributed by atoms with Crippen LogP contribution in [-0.2, 0) is 22.3 Å². The van der Waals surface area contributed by atoms with Gasteiger partial charge in [-0.1, -0.05) is 42.0 Å². The van der Waals surface area contributed by atoms with Gasteiger partial charge in [-0.15, -0.1) is 0 Å². The third kappa shape index (κ3) is 6.04. The van der Waals surface area contributed by atoms with Crippen molar-refractivity contribution in [1.82, 2.24) is 4.72 Å². The molecule has 0 bridgehead atoms. The highest BCUT2D eigenvalue weighted by molar-refractivity contribution is 7.88. The Balaban J connectivity index is 1.97. The van der Waals surface area contributed by atoms with E-state index < -0.39 is 10.0 Å². The van der Waals surface area contributed by atoms with E-state index in [1.807, 2.05) is 69.3 Å². The zero-order valence-corrected chi connectivity index (χ0v) is 14.6. The van der Waals surface area contributed by atoms with E-state index in [0.29, 0.717) is 0 Å². The first-order valence-corrected chi connectivity index (χ1v) is 9.28. The Hall–Kier alpha value is -1.85. The second-order valence-electron chi connectivity index (χ2n) is 5.88. The summed E-state index contributed by atoms with van der Waals surface area (Å²) in [5.74, 6) is 0.727. The molecule has 0 aliphatic carbocycles. The molecule has 0 aromatic heterocycles. The van der Waals surface area contributed by atoms with Gasteiger partial charge in [-0.3, -0.25) is 0 Å². The number of benzene rings is 2. The van der Waals surface area contributed by atoms with Crippen molar-refractivity contribution in [2.75, 3.05) is 0 Å². The second kappa shape index (κ2) is 7.62. The van der Waals surface area contributed by atoms with E-state index in [2.05, 4.69) is 4.72 Å². The molecule has 1 N–H and O–H groups in total. The van der Waals surface area contributed by atoms with Gasteiger partial charge in [0.1, 0.15) is 5.75 Å². The summed E-state index contributed by atoms with van der Waals surface area (Å²) in [6.07, 6.45) is 0.0866. The predicted octanol–water partition coefficient (Wildman–Crippen LogP) is 3.40. The molecule has 5 heteroatoms. The van der Waals surface area contributed by atoms with E-state index in [1.54, 1.807) is 0 Å². The van der Waals surface area contributed by atoms with Crippen molar-refractivity contribution in [2.45, 2.75) is 39.2 Å². The first-order valence-electron chi connectivity index (χ1n) is 7.62. The lowest BCUT2D eigenvalue weighted by Gasteiger charge is -2.11. The number of aryl methyl sites for hydroxylation is 1. The van der Waals surface area contributed by atoms with Crippen molar-refractivity contribution in [3.05, 3.63) is 65.2 Å². The highest BCUT2D eigenvalue weighted by Crippen LogP contribution is 2.15. The number of nitrogens with one attached hydrogen (secondary N) is 1. The maximum Gasteiger partial charge on any atom is 0.216 e. The lowest BCUT2D eigenvalue weighted by atomic mass is 10.2. The van der Waals surface area contributed by atoms with Crippen molar-refractivity contribution in [2.24, 2.45) is 0 Å². The Morgan fingerprint density at radius 3 is 2.39 bits per heavy atom. The zero-order valence-electron chi connectivity index (χ0n) is 13.7. The van der Waals surface area contributed by atoms with E-state index in [4.69, 9.17) is 4.74 Å². The van der Waals surface area contributed by atoms with E-state index in [1.165, 1.54) is 0 Å². The van der Waals surface area contributed by atoms with E-state index in [9.17, 15) is 8.42 Å². The average molecular weight is 333 g/mol. The highest BCUT2D eigenvalue weighted by atomic mass is 32.2. The summed E-state index contributed by atoms with van der Waals surface area (Å²) in [6.45, 7) is 6.14. The Kier molecular flexibility index (Phi) is 5.80. The van der Waals surface area contributed by atoms with Crippen LogP contribution in [0, 0.1) is 6.92 Å². The largest absolute Gasteiger partial charge is 0.491 e. The molecule has 0 aliphatic heterocycles. The summed E-state index contributed by atoms with van der Waals surface area (Å²) in [7, 11) is -3.37. The lowest BCUT2D eigenvalue weighted by Crippen LogP contribution is -2.24. The van der Waals surface area contributed by atoms with Crippen molar-refractivity contribution in [3.8, 4) is 5.75 Å². The third-order valence-corrected chi connectivity index (χ3v) is 4.54. The summed E-state index contributed by atoms with van der Waals surface area (Å²) in [4.78, 5) is 0. The predicted molar refractivity (Wildman–Crippen MR) is 92.8 cm³/mol. The molecule has 0 saturated carbocycles. The number of hydrogen-bond acceptors (Lipinski definition) is 3. The van der Waals surface area contributed by atoms with Gasteiger partial charge in [-0.2, -0.15) is 0 Å². The van der Waals surface area contributed by atoms with E-state index >= 15 is 0 Å². The minimum absolute atomic E-state index is 0.0184.